The predicted molar refractivity (Wildman–Crippen MR) is 102 cm³/mol. The van der Waals surface area contributed by atoms with E-state index >= 15 is 0 Å². The molecule has 4 heteroatoms. The first-order valence-corrected chi connectivity index (χ1v) is 8.22. The monoisotopic (exact) mass is 336 g/mol. The molecular weight excluding hydrogens is 312 g/mol. The molecule has 0 fully saturated rings. The Hall–Kier alpha value is -2.88. The van der Waals surface area contributed by atoms with Crippen LogP contribution in [0.3, 0.4) is 0 Å². The van der Waals surface area contributed by atoms with E-state index in [1.165, 1.54) is 0 Å². The molecule has 2 aromatic carbocycles. The van der Waals surface area contributed by atoms with Gasteiger partial charge in [-0.3, -0.25) is 9.59 Å². The molecule has 2 aromatic rings. The Balaban J connectivity index is 2.30. The van der Waals surface area contributed by atoms with Crippen LogP contribution in [-0.4, -0.2) is 11.8 Å². The Morgan fingerprint density at radius 2 is 1.52 bits per heavy atom. The number of rotatable bonds is 4. The fourth-order valence-corrected chi connectivity index (χ4v) is 2.09. The number of carbonyl (C=O) groups is 2. The van der Waals surface area contributed by atoms with Crippen LogP contribution >= 0.6 is 0 Å². The van der Waals surface area contributed by atoms with E-state index in [1.807, 2.05) is 82.3 Å². The summed E-state index contributed by atoms with van der Waals surface area (Å²) >= 11 is 0. The Morgan fingerprint density at radius 1 is 0.920 bits per heavy atom. The average molecular weight is 336 g/mol. The van der Waals surface area contributed by atoms with Gasteiger partial charge in [0.25, 0.3) is 5.91 Å². The Kier molecular flexibility index (Phi) is 5.75. The minimum atomic E-state index is -0.598. The van der Waals surface area contributed by atoms with Gasteiger partial charge in [-0.25, -0.2) is 0 Å². The van der Waals surface area contributed by atoms with E-state index in [0.717, 1.165) is 16.8 Å². The van der Waals surface area contributed by atoms with Crippen LogP contribution in [0.15, 0.2) is 60.3 Å². The zero-order chi connectivity index (χ0) is 18.4. The van der Waals surface area contributed by atoms with Crippen LogP contribution in [-0.2, 0) is 9.59 Å². The van der Waals surface area contributed by atoms with Gasteiger partial charge in [0.1, 0.15) is 5.70 Å². The van der Waals surface area contributed by atoms with Crippen molar-refractivity contribution in [2.24, 2.45) is 5.41 Å². The second kappa shape index (κ2) is 7.79. The number of hydrogen-bond acceptors (Lipinski definition) is 2. The van der Waals surface area contributed by atoms with Crippen LogP contribution in [0.5, 0.6) is 0 Å². The first-order chi connectivity index (χ1) is 11.8. The molecule has 2 rings (SSSR count). The first-order valence-electron chi connectivity index (χ1n) is 8.22. The summed E-state index contributed by atoms with van der Waals surface area (Å²) < 4.78 is 0. The zero-order valence-corrected chi connectivity index (χ0v) is 15.1. The third kappa shape index (κ3) is 5.31. The fraction of sp³-hybridized carbons (Fsp3) is 0.238. The maximum Gasteiger partial charge on any atom is 0.272 e. The highest BCUT2D eigenvalue weighted by atomic mass is 16.2. The van der Waals surface area contributed by atoms with Gasteiger partial charge >= 0.3 is 0 Å². The summed E-state index contributed by atoms with van der Waals surface area (Å²) in [5.74, 6) is -0.564. The van der Waals surface area contributed by atoms with Gasteiger partial charge in [-0.1, -0.05) is 69.3 Å². The molecule has 130 valence electrons. The molecule has 0 atom stereocenters. The van der Waals surface area contributed by atoms with Crippen LogP contribution in [0.2, 0.25) is 0 Å². The summed E-state index contributed by atoms with van der Waals surface area (Å²) in [6.07, 6.45) is 1.68. The number of nitrogens with one attached hydrogen (secondary N) is 2. The number of hydrogen-bond donors (Lipinski definition) is 2. The van der Waals surface area contributed by atoms with E-state index in [1.54, 1.807) is 6.08 Å². The molecule has 0 aliphatic carbocycles. The first kappa shape index (κ1) is 18.5. The highest BCUT2D eigenvalue weighted by Gasteiger charge is 2.24. The number of aryl methyl sites for hydroxylation is 1. The number of para-hydroxylation sites is 1. The number of carbonyl (C=O) groups excluding carboxylic acids is 2. The maximum absolute atomic E-state index is 12.7. The van der Waals surface area contributed by atoms with E-state index in [9.17, 15) is 9.59 Å². The van der Waals surface area contributed by atoms with Crippen LogP contribution in [0.4, 0.5) is 5.69 Å². The standard InChI is InChI=1S/C21H24N2O2/c1-15-10-8-9-13-17(15)22-19(24)18(23-20(25)21(2,3)4)14-16-11-6-5-7-12-16/h5-14H,1-4H3,(H,22,24)(H,23,25)/b18-14+. The van der Waals surface area contributed by atoms with Crippen molar-refractivity contribution in [1.82, 2.24) is 5.32 Å². The van der Waals surface area contributed by atoms with Crippen molar-refractivity contribution >= 4 is 23.6 Å². The van der Waals surface area contributed by atoms with Crippen molar-refractivity contribution in [1.29, 1.82) is 0 Å². The highest BCUT2D eigenvalue weighted by molar-refractivity contribution is 6.09. The van der Waals surface area contributed by atoms with Crippen LogP contribution in [0.25, 0.3) is 6.08 Å². The van der Waals surface area contributed by atoms with Crippen LogP contribution < -0.4 is 10.6 Å². The third-order valence-electron chi connectivity index (χ3n) is 3.68. The molecule has 0 aliphatic rings. The lowest BCUT2D eigenvalue weighted by Crippen LogP contribution is -2.38. The van der Waals surface area contributed by atoms with Gasteiger partial charge in [0.05, 0.1) is 0 Å². The Labute approximate surface area is 149 Å². The lowest BCUT2D eigenvalue weighted by atomic mass is 9.95. The van der Waals surface area contributed by atoms with Gasteiger partial charge in [0.2, 0.25) is 5.91 Å². The van der Waals surface area contributed by atoms with E-state index in [0.29, 0.717) is 0 Å². The summed E-state index contributed by atoms with van der Waals surface area (Å²) in [7, 11) is 0. The van der Waals surface area contributed by atoms with E-state index in [4.69, 9.17) is 0 Å². The van der Waals surface area contributed by atoms with Crippen LogP contribution in [0, 0.1) is 12.3 Å². The molecule has 0 spiro atoms. The van der Waals surface area contributed by atoms with Crippen molar-refractivity contribution in [2.45, 2.75) is 27.7 Å². The molecule has 0 aromatic heterocycles. The Bertz CT molecular complexity index is 787. The number of benzene rings is 2. The Morgan fingerprint density at radius 3 is 2.12 bits per heavy atom. The highest BCUT2D eigenvalue weighted by Crippen LogP contribution is 2.17. The summed E-state index contributed by atoms with van der Waals surface area (Å²) in [4.78, 5) is 25.1. The minimum Gasteiger partial charge on any atom is -0.321 e. The summed E-state index contributed by atoms with van der Waals surface area (Å²) in [6.45, 7) is 7.34. The smallest absolute Gasteiger partial charge is 0.272 e. The molecule has 0 bridgehead atoms. The molecule has 0 radical (unpaired) electrons. The SMILES string of the molecule is Cc1ccccc1NC(=O)/C(=C\c1ccccc1)NC(=O)C(C)(C)C. The molecule has 25 heavy (non-hydrogen) atoms. The average Bonchev–Trinajstić information content (AvgIpc) is 2.56. The topological polar surface area (TPSA) is 58.2 Å². The molecule has 0 unspecified atom stereocenters. The van der Waals surface area contributed by atoms with Crippen molar-refractivity contribution in [3.63, 3.8) is 0 Å². The van der Waals surface area contributed by atoms with Gasteiger partial charge in [-0.2, -0.15) is 0 Å². The lowest BCUT2D eigenvalue weighted by Gasteiger charge is -2.19. The minimum absolute atomic E-state index is 0.213. The molecule has 0 saturated carbocycles. The van der Waals surface area contributed by atoms with Crippen molar-refractivity contribution < 1.29 is 9.59 Å². The number of amides is 2. The second-order valence-electron chi connectivity index (χ2n) is 6.94. The quantitative estimate of drug-likeness (QED) is 0.825. The van der Waals surface area contributed by atoms with Gasteiger partial charge in [-0.05, 0) is 30.2 Å². The normalized spacial score (nSPS) is 11.8. The van der Waals surface area contributed by atoms with Crippen molar-refractivity contribution in [3.05, 3.63) is 71.4 Å². The molecule has 0 aliphatic heterocycles. The van der Waals surface area contributed by atoms with Gasteiger partial charge in [0.15, 0.2) is 0 Å². The van der Waals surface area contributed by atoms with Crippen LogP contribution in [0.1, 0.15) is 31.9 Å². The lowest BCUT2D eigenvalue weighted by molar-refractivity contribution is -0.128. The van der Waals surface area contributed by atoms with Crippen molar-refractivity contribution in [2.75, 3.05) is 5.32 Å². The maximum atomic E-state index is 12.7. The zero-order valence-electron chi connectivity index (χ0n) is 15.1. The fourth-order valence-electron chi connectivity index (χ4n) is 2.09. The van der Waals surface area contributed by atoms with Gasteiger partial charge < -0.3 is 10.6 Å². The third-order valence-corrected chi connectivity index (χ3v) is 3.68. The van der Waals surface area contributed by atoms with Gasteiger partial charge in [-0.15, -0.1) is 0 Å². The molecule has 0 saturated heterocycles. The summed E-state index contributed by atoms with van der Waals surface area (Å²) in [6, 6.07) is 16.9. The molecular formula is C21H24N2O2. The van der Waals surface area contributed by atoms with Gasteiger partial charge in [0, 0.05) is 11.1 Å². The number of anilines is 1. The second-order valence-corrected chi connectivity index (χ2v) is 6.94. The van der Waals surface area contributed by atoms with E-state index in [2.05, 4.69) is 10.6 Å². The predicted octanol–water partition coefficient (Wildman–Crippen LogP) is 4.14. The van der Waals surface area contributed by atoms with E-state index < -0.39 is 5.41 Å². The summed E-state index contributed by atoms with van der Waals surface area (Å²) in [5.41, 5.74) is 2.13. The molecule has 2 amide bonds. The summed E-state index contributed by atoms with van der Waals surface area (Å²) in [5, 5.41) is 5.62. The largest absolute Gasteiger partial charge is 0.321 e. The molecule has 2 N–H and O–H groups in total. The molecule has 4 nitrogen and oxygen atoms in total. The molecule has 0 heterocycles. The van der Waals surface area contributed by atoms with Crippen molar-refractivity contribution in [3.8, 4) is 0 Å². The van der Waals surface area contributed by atoms with E-state index in [-0.39, 0.29) is 17.5 Å².